The van der Waals surface area contributed by atoms with Gasteiger partial charge in [-0.15, -0.1) is 0 Å². The molecule has 0 amide bonds. The third kappa shape index (κ3) is 7.49. The Balaban J connectivity index is 3.23. The monoisotopic (exact) mass is 160 g/mol. The smallest absolute Gasteiger partial charge is 0.183 e. The van der Waals surface area contributed by atoms with E-state index >= 15 is 0 Å². The maximum atomic E-state index is 10.9. The van der Waals surface area contributed by atoms with Gasteiger partial charge in [-0.05, 0) is 20.8 Å². The predicted octanol–water partition coefficient (Wildman–Crippen LogP) is 1.02. The zero-order valence-electron chi connectivity index (χ0n) is 7.42. The molecule has 0 N–H and O–H groups in total. The van der Waals surface area contributed by atoms with Gasteiger partial charge in [0.2, 0.25) is 0 Å². The lowest BCUT2D eigenvalue weighted by molar-refractivity contribution is -0.129. The summed E-state index contributed by atoms with van der Waals surface area (Å²) in [5.74, 6) is 0.000509. The van der Waals surface area contributed by atoms with E-state index in [-0.39, 0.29) is 25.1 Å². The van der Waals surface area contributed by atoms with Gasteiger partial charge in [0.05, 0.1) is 6.10 Å². The molecule has 0 aromatic heterocycles. The van der Waals surface area contributed by atoms with Gasteiger partial charge in [0.15, 0.2) is 5.78 Å². The first kappa shape index (κ1) is 10.6. The molecule has 0 unspecified atom stereocenters. The Hall–Kier alpha value is -0.410. The molecule has 0 aromatic rings. The summed E-state index contributed by atoms with van der Waals surface area (Å²) in [6.07, 6.45) is 0.112. The Kier molecular flexibility index (Phi) is 6.07. The first-order valence-electron chi connectivity index (χ1n) is 3.87. The molecular formula is C8H16O3. The highest BCUT2D eigenvalue weighted by atomic mass is 16.5. The second-order valence-electron chi connectivity index (χ2n) is 2.54. The SMILES string of the molecule is CCOCC(=O)COC(C)C. The van der Waals surface area contributed by atoms with E-state index in [9.17, 15) is 4.79 Å². The second kappa shape index (κ2) is 6.31. The Labute approximate surface area is 67.7 Å². The maximum Gasteiger partial charge on any atom is 0.183 e. The third-order valence-electron chi connectivity index (χ3n) is 1.04. The lowest BCUT2D eigenvalue weighted by Crippen LogP contribution is -2.18. The fraction of sp³-hybridized carbons (Fsp3) is 0.875. The summed E-state index contributed by atoms with van der Waals surface area (Å²) in [5.41, 5.74) is 0. The van der Waals surface area contributed by atoms with Crippen molar-refractivity contribution < 1.29 is 14.3 Å². The first-order valence-corrected chi connectivity index (χ1v) is 3.87. The van der Waals surface area contributed by atoms with Crippen LogP contribution in [0.2, 0.25) is 0 Å². The lowest BCUT2D eigenvalue weighted by atomic mass is 10.4. The van der Waals surface area contributed by atoms with Crippen LogP contribution in [0.25, 0.3) is 0 Å². The molecule has 0 radical (unpaired) electrons. The fourth-order valence-corrected chi connectivity index (χ4v) is 0.517. The van der Waals surface area contributed by atoms with E-state index in [1.807, 2.05) is 20.8 Å². The number of rotatable bonds is 6. The quantitative estimate of drug-likeness (QED) is 0.582. The van der Waals surface area contributed by atoms with Crippen LogP contribution in [0.5, 0.6) is 0 Å². The molecule has 0 saturated carbocycles. The van der Waals surface area contributed by atoms with Crippen LogP contribution in [-0.4, -0.2) is 31.7 Å². The molecule has 3 heteroatoms. The number of ether oxygens (including phenoxy) is 2. The lowest BCUT2D eigenvalue weighted by Gasteiger charge is -2.05. The van der Waals surface area contributed by atoms with Gasteiger partial charge >= 0.3 is 0 Å². The van der Waals surface area contributed by atoms with Crippen LogP contribution >= 0.6 is 0 Å². The molecule has 66 valence electrons. The summed E-state index contributed by atoms with van der Waals surface area (Å²) in [4.78, 5) is 10.9. The van der Waals surface area contributed by atoms with Crippen LogP contribution < -0.4 is 0 Å². The molecule has 0 fully saturated rings. The van der Waals surface area contributed by atoms with E-state index in [0.29, 0.717) is 6.61 Å². The highest BCUT2D eigenvalue weighted by Gasteiger charge is 2.02. The van der Waals surface area contributed by atoms with E-state index < -0.39 is 0 Å². The van der Waals surface area contributed by atoms with Gasteiger partial charge in [-0.1, -0.05) is 0 Å². The number of hydrogen-bond acceptors (Lipinski definition) is 3. The van der Waals surface area contributed by atoms with Gasteiger partial charge < -0.3 is 9.47 Å². The van der Waals surface area contributed by atoms with Gasteiger partial charge in [-0.25, -0.2) is 0 Å². The summed E-state index contributed by atoms with van der Waals surface area (Å²) in [7, 11) is 0. The minimum Gasteiger partial charge on any atom is -0.374 e. The Morgan fingerprint density at radius 2 is 2.00 bits per heavy atom. The molecule has 0 aromatic carbocycles. The highest BCUT2D eigenvalue weighted by Crippen LogP contribution is 1.88. The molecule has 0 rings (SSSR count). The van der Waals surface area contributed by atoms with Crippen LogP contribution in [0, 0.1) is 0 Å². The maximum absolute atomic E-state index is 10.9. The second-order valence-corrected chi connectivity index (χ2v) is 2.54. The van der Waals surface area contributed by atoms with Gasteiger partial charge in [-0.3, -0.25) is 4.79 Å². The minimum absolute atomic E-state index is 0.000509. The minimum atomic E-state index is 0.000509. The molecule has 0 aliphatic heterocycles. The van der Waals surface area contributed by atoms with Crippen molar-refractivity contribution in [2.24, 2.45) is 0 Å². The Morgan fingerprint density at radius 1 is 1.36 bits per heavy atom. The molecule has 0 saturated heterocycles. The van der Waals surface area contributed by atoms with Crippen molar-refractivity contribution in [3.8, 4) is 0 Å². The first-order chi connectivity index (χ1) is 5.16. The fourth-order valence-electron chi connectivity index (χ4n) is 0.517. The van der Waals surface area contributed by atoms with Gasteiger partial charge in [0.25, 0.3) is 0 Å². The van der Waals surface area contributed by atoms with Crippen LogP contribution in [0.1, 0.15) is 20.8 Å². The zero-order valence-corrected chi connectivity index (χ0v) is 7.42. The number of hydrogen-bond donors (Lipinski definition) is 0. The largest absolute Gasteiger partial charge is 0.374 e. The summed E-state index contributed by atoms with van der Waals surface area (Å²) < 4.78 is 9.97. The van der Waals surface area contributed by atoms with E-state index in [0.717, 1.165) is 0 Å². The van der Waals surface area contributed by atoms with Gasteiger partial charge in [-0.2, -0.15) is 0 Å². The number of carbonyl (C=O) groups is 1. The van der Waals surface area contributed by atoms with Crippen molar-refractivity contribution in [1.82, 2.24) is 0 Å². The molecule has 0 heterocycles. The summed E-state index contributed by atoms with van der Waals surface area (Å²) >= 11 is 0. The van der Waals surface area contributed by atoms with Crippen molar-refractivity contribution in [3.05, 3.63) is 0 Å². The van der Waals surface area contributed by atoms with Crippen LogP contribution in [0.3, 0.4) is 0 Å². The average Bonchev–Trinajstić information content (AvgIpc) is 1.97. The number of carbonyl (C=O) groups excluding carboxylic acids is 1. The van der Waals surface area contributed by atoms with Gasteiger partial charge in [0, 0.05) is 6.61 Å². The molecule has 3 nitrogen and oxygen atoms in total. The normalized spacial score (nSPS) is 10.5. The molecule has 0 atom stereocenters. The van der Waals surface area contributed by atoms with Crippen LogP contribution in [0.15, 0.2) is 0 Å². The van der Waals surface area contributed by atoms with Crippen molar-refractivity contribution in [3.63, 3.8) is 0 Å². The average molecular weight is 160 g/mol. The summed E-state index contributed by atoms with van der Waals surface area (Å²) in [6, 6.07) is 0. The molecule has 11 heavy (non-hydrogen) atoms. The van der Waals surface area contributed by atoms with E-state index in [4.69, 9.17) is 9.47 Å². The van der Waals surface area contributed by atoms with Crippen LogP contribution in [0.4, 0.5) is 0 Å². The van der Waals surface area contributed by atoms with Crippen molar-refractivity contribution in [1.29, 1.82) is 0 Å². The van der Waals surface area contributed by atoms with E-state index in [1.165, 1.54) is 0 Å². The molecular weight excluding hydrogens is 144 g/mol. The Bertz CT molecular complexity index is 110. The van der Waals surface area contributed by atoms with Crippen molar-refractivity contribution >= 4 is 5.78 Å². The highest BCUT2D eigenvalue weighted by molar-refractivity contribution is 5.80. The summed E-state index contributed by atoms with van der Waals surface area (Å²) in [5, 5.41) is 0. The molecule has 0 bridgehead atoms. The third-order valence-corrected chi connectivity index (χ3v) is 1.04. The number of Topliss-reactive ketones (excluding diaryl/α,β-unsaturated/α-hetero) is 1. The van der Waals surface area contributed by atoms with Crippen LogP contribution in [-0.2, 0) is 14.3 Å². The zero-order chi connectivity index (χ0) is 8.69. The number of ketones is 1. The van der Waals surface area contributed by atoms with Crippen molar-refractivity contribution in [2.75, 3.05) is 19.8 Å². The summed E-state index contributed by atoms with van der Waals surface area (Å²) in [6.45, 7) is 6.56. The predicted molar refractivity (Wildman–Crippen MR) is 42.6 cm³/mol. The topological polar surface area (TPSA) is 35.5 Å². The van der Waals surface area contributed by atoms with E-state index in [2.05, 4.69) is 0 Å². The molecule has 0 aliphatic rings. The standard InChI is InChI=1S/C8H16O3/c1-4-10-5-8(9)6-11-7(2)3/h7H,4-6H2,1-3H3. The molecule has 0 aliphatic carbocycles. The van der Waals surface area contributed by atoms with E-state index in [1.54, 1.807) is 0 Å². The Morgan fingerprint density at radius 3 is 2.45 bits per heavy atom. The van der Waals surface area contributed by atoms with Gasteiger partial charge in [0.1, 0.15) is 13.2 Å². The van der Waals surface area contributed by atoms with Crippen molar-refractivity contribution in [2.45, 2.75) is 26.9 Å². The molecule has 0 spiro atoms.